The van der Waals surface area contributed by atoms with Crippen LogP contribution in [0.3, 0.4) is 0 Å². The van der Waals surface area contributed by atoms with Crippen molar-refractivity contribution in [2.75, 3.05) is 13.1 Å². The van der Waals surface area contributed by atoms with E-state index in [4.69, 9.17) is 0 Å². The van der Waals surface area contributed by atoms with Gasteiger partial charge in [0.25, 0.3) is 0 Å². The summed E-state index contributed by atoms with van der Waals surface area (Å²) in [7, 11) is 2.65. The maximum atomic E-state index is 10.7. The molecule has 2 unspecified atom stereocenters. The second kappa shape index (κ2) is 2.98. The van der Waals surface area contributed by atoms with Gasteiger partial charge in [-0.3, -0.25) is 4.67 Å². The lowest BCUT2D eigenvalue weighted by molar-refractivity contribution is -0.115. The number of hydrogen-bond acceptors (Lipinski definition) is 2. The van der Waals surface area contributed by atoms with Crippen LogP contribution < -0.4 is 0 Å². The van der Waals surface area contributed by atoms with Crippen LogP contribution in [0.1, 0.15) is 19.8 Å². The van der Waals surface area contributed by atoms with Crippen LogP contribution in [0, 0.1) is 5.41 Å². The minimum absolute atomic E-state index is 0.0260. The van der Waals surface area contributed by atoms with Crippen molar-refractivity contribution in [3.63, 3.8) is 0 Å². The van der Waals surface area contributed by atoms with Gasteiger partial charge in [-0.15, -0.1) is 0 Å². The second-order valence-corrected chi connectivity index (χ2v) is 3.78. The molecule has 1 fully saturated rings. The first-order chi connectivity index (χ1) is 4.72. The first-order valence-corrected chi connectivity index (χ1v) is 4.20. The SMILES string of the molecule is CCC1(C=O)CCN(P)C1. The molecule has 58 valence electrons. The molecule has 0 spiro atoms. The molecule has 2 nitrogen and oxygen atoms in total. The quantitative estimate of drug-likeness (QED) is 0.444. The molecule has 1 aliphatic rings. The van der Waals surface area contributed by atoms with Crippen LogP contribution in [0.5, 0.6) is 0 Å². The van der Waals surface area contributed by atoms with Crippen LogP contribution in [0.4, 0.5) is 0 Å². The fraction of sp³-hybridized carbons (Fsp3) is 0.857. The van der Waals surface area contributed by atoms with Crippen molar-refractivity contribution in [1.29, 1.82) is 0 Å². The minimum atomic E-state index is -0.0260. The molecule has 1 rings (SSSR count). The van der Waals surface area contributed by atoms with Gasteiger partial charge < -0.3 is 4.79 Å². The maximum absolute atomic E-state index is 10.7. The van der Waals surface area contributed by atoms with E-state index in [1.54, 1.807) is 0 Å². The minimum Gasteiger partial charge on any atom is -0.303 e. The zero-order valence-electron chi connectivity index (χ0n) is 6.34. The van der Waals surface area contributed by atoms with Gasteiger partial charge in [-0.25, -0.2) is 0 Å². The molecule has 0 bridgehead atoms. The molecule has 0 amide bonds. The molecular formula is C7H14NOP. The lowest BCUT2D eigenvalue weighted by Gasteiger charge is -2.18. The Labute approximate surface area is 64.2 Å². The summed E-state index contributed by atoms with van der Waals surface area (Å²) >= 11 is 0. The van der Waals surface area contributed by atoms with Gasteiger partial charge >= 0.3 is 0 Å². The van der Waals surface area contributed by atoms with Gasteiger partial charge in [0, 0.05) is 18.5 Å². The predicted octanol–water partition coefficient (Wildman–Crippen LogP) is 1.08. The summed E-state index contributed by atoms with van der Waals surface area (Å²) in [6.45, 7) is 4.03. The largest absolute Gasteiger partial charge is 0.303 e. The van der Waals surface area contributed by atoms with Crippen LogP contribution in [0.2, 0.25) is 0 Å². The summed E-state index contributed by atoms with van der Waals surface area (Å²) in [5.41, 5.74) is -0.0260. The lowest BCUT2D eigenvalue weighted by Crippen LogP contribution is -2.23. The Morgan fingerprint density at radius 2 is 2.50 bits per heavy atom. The molecule has 2 atom stereocenters. The highest BCUT2D eigenvalue weighted by atomic mass is 31.0. The summed E-state index contributed by atoms with van der Waals surface area (Å²) in [5.74, 6) is 0. The van der Waals surface area contributed by atoms with E-state index in [-0.39, 0.29) is 5.41 Å². The third-order valence-corrected chi connectivity index (χ3v) is 2.81. The van der Waals surface area contributed by atoms with E-state index < -0.39 is 0 Å². The van der Waals surface area contributed by atoms with Crippen molar-refractivity contribution >= 4 is 15.7 Å². The predicted molar refractivity (Wildman–Crippen MR) is 44.7 cm³/mol. The maximum Gasteiger partial charge on any atom is 0.127 e. The summed E-state index contributed by atoms with van der Waals surface area (Å²) < 4.78 is 2.14. The van der Waals surface area contributed by atoms with Crippen LogP contribution >= 0.6 is 9.39 Å². The molecule has 0 aromatic carbocycles. The molecule has 1 aliphatic heterocycles. The fourth-order valence-corrected chi connectivity index (χ4v) is 1.89. The monoisotopic (exact) mass is 159 g/mol. The highest BCUT2D eigenvalue weighted by molar-refractivity contribution is 7.13. The van der Waals surface area contributed by atoms with E-state index in [0.717, 1.165) is 32.2 Å². The highest BCUT2D eigenvalue weighted by Crippen LogP contribution is 2.32. The van der Waals surface area contributed by atoms with Gasteiger partial charge in [0.2, 0.25) is 0 Å². The second-order valence-electron chi connectivity index (χ2n) is 3.05. The average Bonchev–Trinajstić information content (AvgIpc) is 2.33. The summed E-state index contributed by atoms with van der Waals surface area (Å²) in [6, 6.07) is 0. The number of carbonyl (C=O) groups excluding carboxylic acids is 1. The van der Waals surface area contributed by atoms with Crippen molar-refractivity contribution < 1.29 is 4.79 Å². The van der Waals surface area contributed by atoms with Crippen molar-refractivity contribution in [1.82, 2.24) is 4.67 Å². The van der Waals surface area contributed by atoms with Crippen molar-refractivity contribution in [3.05, 3.63) is 0 Å². The number of aldehydes is 1. The van der Waals surface area contributed by atoms with E-state index >= 15 is 0 Å². The molecule has 1 heterocycles. The summed E-state index contributed by atoms with van der Waals surface area (Å²) in [4.78, 5) is 10.7. The standard InChI is InChI=1S/C7H14NOP/c1-2-7(6-9)3-4-8(10)5-7/h6H,2-5,10H2,1H3. The zero-order valence-corrected chi connectivity index (χ0v) is 7.49. The van der Waals surface area contributed by atoms with Crippen molar-refractivity contribution in [3.8, 4) is 0 Å². The van der Waals surface area contributed by atoms with E-state index in [1.807, 2.05) is 0 Å². The molecule has 3 heteroatoms. The van der Waals surface area contributed by atoms with Crippen LogP contribution in [0.15, 0.2) is 0 Å². The van der Waals surface area contributed by atoms with Crippen molar-refractivity contribution in [2.24, 2.45) is 5.41 Å². The average molecular weight is 159 g/mol. The Kier molecular flexibility index (Phi) is 2.43. The van der Waals surface area contributed by atoms with Gasteiger partial charge in [-0.05, 0) is 12.8 Å². The van der Waals surface area contributed by atoms with E-state index in [9.17, 15) is 4.79 Å². The number of hydrogen-bond donors (Lipinski definition) is 0. The Balaban J connectivity index is 2.59. The summed E-state index contributed by atoms with van der Waals surface area (Å²) in [6.07, 6.45) is 3.12. The number of carbonyl (C=O) groups is 1. The van der Waals surface area contributed by atoms with E-state index in [2.05, 4.69) is 21.0 Å². The third kappa shape index (κ3) is 1.38. The Morgan fingerprint density at radius 1 is 1.80 bits per heavy atom. The third-order valence-electron chi connectivity index (χ3n) is 2.37. The van der Waals surface area contributed by atoms with Crippen LogP contribution in [-0.4, -0.2) is 24.0 Å². The van der Waals surface area contributed by atoms with Gasteiger partial charge in [0.15, 0.2) is 0 Å². The van der Waals surface area contributed by atoms with Gasteiger partial charge in [-0.1, -0.05) is 16.3 Å². The van der Waals surface area contributed by atoms with Gasteiger partial charge in [0.1, 0.15) is 6.29 Å². The molecule has 10 heavy (non-hydrogen) atoms. The lowest BCUT2D eigenvalue weighted by atomic mass is 9.86. The molecular weight excluding hydrogens is 145 g/mol. The Bertz CT molecular complexity index is 140. The number of rotatable bonds is 2. The van der Waals surface area contributed by atoms with E-state index in [1.165, 1.54) is 0 Å². The molecule has 1 saturated heterocycles. The van der Waals surface area contributed by atoms with Gasteiger partial charge in [-0.2, -0.15) is 0 Å². The van der Waals surface area contributed by atoms with E-state index in [0.29, 0.717) is 0 Å². The topological polar surface area (TPSA) is 20.3 Å². The molecule has 0 aromatic heterocycles. The first kappa shape index (κ1) is 8.16. The normalized spacial score (nSPS) is 34.6. The summed E-state index contributed by atoms with van der Waals surface area (Å²) in [5, 5.41) is 0. The molecule has 0 radical (unpaired) electrons. The molecule has 0 aliphatic carbocycles. The van der Waals surface area contributed by atoms with Crippen molar-refractivity contribution in [2.45, 2.75) is 19.8 Å². The first-order valence-electron chi connectivity index (χ1n) is 3.68. The Hall–Kier alpha value is 0.0600. The number of nitrogens with zero attached hydrogens (tertiary/aromatic N) is 1. The molecule has 0 saturated carbocycles. The van der Waals surface area contributed by atoms with Crippen LogP contribution in [-0.2, 0) is 4.79 Å². The van der Waals surface area contributed by atoms with Gasteiger partial charge in [0.05, 0.1) is 0 Å². The smallest absolute Gasteiger partial charge is 0.127 e. The van der Waals surface area contributed by atoms with Crippen LogP contribution in [0.25, 0.3) is 0 Å². The highest BCUT2D eigenvalue weighted by Gasteiger charge is 2.34. The zero-order chi connectivity index (χ0) is 7.61. The fourth-order valence-electron chi connectivity index (χ4n) is 1.40. The Morgan fingerprint density at radius 3 is 2.70 bits per heavy atom. The molecule has 0 aromatic rings. The molecule has 0 N–H and O–H groups in total.